The summed E-state index contributed by atoms with van der Waals surface area (Å²) < 4.78 is 31.8. The van der Waals surface area contributed by atoms with Crippen LogP contribution in [0.15, 0.2) is 42.7 Å². The highest BCUT2D eigenvalue weighted by molar-refractivity contribution is 5.23. The van der Waals surface area contributed by atoms with Gasteiger partial charge in [-0.15, -0.1) is 0 Å². The summed E-state index contributed by atoms with van der Waals surface area (Å²) in [5.41, 5.74) is 8.08. The summed E-state index contributed by atoms with van der Waals surface area (Å²) in [7, 11) is 0. The molecule has 0 amide bonds. The number of hydrazine groups is 1. The Morgan fingerprint density at radius 2 is 2.11 bits per heavy atom. The van der Waals surface area contributed by atoms with Crippen molar-refractivity contribution in [3.63, 3.8) is 0 Å². The summed E-state index contributed by atoms with van der Waals surface area (Å²) in [6.45, 7) is 2.50. The summed E-state index contributed by atoms with van der Waals surface area (Å²) in [6, 6.07) is 8.95. The van der Waals surface area contributed by atoms with E-state index in [2.05, 4.69) is 26.8 Å². The highest BCUT2D eigenvalue weighted by Crippen LogP contribution is 2.26. The molecule has 0 aliphatic carbocycles. The average molecular weight is 388 g/mol. The normalized spacial score (nSPS) is 25.3. The lowest BCUT2D eigenvalue weighted by molar-refractivity contribution is 0.203. The van der Waals surface area contributed by atoms with E-state index in [1.165, 1.54) is 24.5 Å². The van der Waals surface area contributed by atoms with Gasteiger partial charge < -0.3 is 4.74 Å². The molecule has 3 unspecified atom stereocenters. The molecule has 1 aromatic heterocycles. The molecule has 5 nitrogen and oxygen atoms in total. The first-order valence-corrected chi connectivity index (χ1v) is 9.91. The van der Waals surface area contributed by atoms with Crippen molar-refractivity contribution < 1.29 is 13.5 Å². The number of ether oxygens (including phenoxy) is 1. The molecule has 2 aromatic rings. The summed E-state index contributed by atoms with van der Waals surface area (Å²) in [5.74, 6) is -1.38. The Labute approximate surface area is 164 Å². The van der Waals surface area contributed by atoms with Gasteiger partial charge in [0.1, 0.15) is 5.75 Å². The summed E-state index contributed by atoms with van der Waals surface area (Å²) in [6.07, 6.45) is 7.98. The van der Waals surface area contributed by atoms with Crippen molar-refractivity contribution in [2.24, 2.45) is 0 Å². The van der Waals surface area contributed by atoms with E-state index < -0.39 is 11.6 Å². The molecule has 7 heteroatoms. The molecule has 28 heavy (non-hydrogen) atoms. The third kappa shape index (κ3) is 4.66. The molecule has 0 saturated carbocycles. The van der Waals surface area contributed by atoms with Gasteiger partial charge in [-0.1, -0.05) is 6.07 Å². The second-order valence-corrected chi connectivity index (χ2v) is 7.58. The van der Waals surface area contributed by atoms with E-state index in [0.29, 0.717) is 30.5 Å². The molecule has 4 rings (SSSR count). The zero-order chi connectivity index (χ0) is 19.3. The summed E-state index contributed by atoms with van der Waals surface area (Å²) in [5, 5.41) is 0. The lowest BCUT2D eigenvalue weighted by Crippen LogP contribution is -2.45. The largest absolute Gasteiger partial charge is 0.493 e. The minimum atomic E-state index is -0.881. The fraction of sp³-hybridized carbons (Fsp3) is 0.476. The van der Waals surface area contributed by atoms with E-state index in [1.807, 2.05) is 12.3 Å². The van der Waals surface area contributed by atoms with Gasteiger partial charge in [0.15, 0.2) is 11.6 Å². The monoisotopic (exact) mass is 388 g/mol. The molecular weight excluding hydrogens is 362 g/mol. The molecule has 0 bridgehead atoms. The van der Waals surface area contributed by atoms with E-state index in [9.17, 15) is 8.78 Å². The van der Waals surface area contributed by atoms with Crippen LogP contribution in [0, 0.1) is 11.6 Å². The minimum absolute atomic E-state index is 0.302. The quantitative estimate of drug-likeness (QED) is 0.764. The van der Waals surface area contributed by atoms with Crippen LogP contribution in [0.4, 0.5) is 8.78 Å². The van der Waals surface area contributed by atoms with E-state index in [0.717, 1.165) is 38.1 Å². The summed E-state index contributed by atoms with van der Waals surface area (Å²) >= 11 is 0. The fourth-order valence-electron chi connectivity index (χ4n) is 4.21. The molecular formula is C21H26F2N4O. The molecule has 150 valence electrons. The van der Waals surface area contributed by atoms with Crippen molar-refractivity contribution in [3.8, 4) is 5.75 Å². The fourth-order valence-corrected chi connectivity index (χ4v) is 4.21. The van der Waals surface area contributed by atoms with Gasteiger partial charge in [0.25, 0.3) is 0 Å². The molecule has 3 heterocycles. The number of likely N-dealkylation sites (tertiary alicyclic amines) is 1. The van der Waals surface area contributed by atoms with Crippen molar-refractivity contribution in [2.75, 3.05) is 13.2 Å². The van der Waals surface area contributed by atoms with Gasteiger partial charge in [-0.2, -0.15) is 0 Å². The lowest BCUT2D eigenvalue weighted by atomic mass is 9.99. The highest BCUT2D eigenvalue weighted by Gasteiger charge is 2.36. The maximum absolute atomic E-state index is 13.2. The Kier molecular flexibility index (Phi) is 6.14. The SMILES string of the molecule is Fc1ccc(OCCC2CC(C3CCCN3Cc3cccnc3)NN2)cc1F. The molecule has 3 atom stereocenters. The lowest BCUT2D eigenvalue weighted by Gasteiger charge is -2.29. The number of hydrogen-bond donors (Lipinski definition) is 2. The van der Waals surface area contributed by atoms with Gasteiger partial charge in [0, 0.05) is 43.1 Å². The van der Waals surface area contributed by atoms with Gasteiger partial charge in [0.05, 0.1) is 6.61 Å². The smallest absolute Gasteiger partial charge is 0.162 e. The molecule has 2 fully saturated rings. The predicted octanol–water partition coefficient (Wildman–Crippen LogP) is 3.03. The van der Waals surface area contributed by atoms with Crippen LogP contribution in [0.25, 0.3) is 0 Å². The van der Waals surface area contributed by atoms with Crippen LogP contribution >= 0.6 is 0 Å². The molecule has 0 radical (unpaired) electrons. The third-order valence-corrected chi connectivity index (χ3v) is 5.62. The van der Waals surface area contributed by atoms with Crippen LogP contribution in [0.1, 0.15) is 31.2 Å². The van der Waals surface area contributed by atoms with E-state index in [4.69, 9.17) is 4.74 Å². The second-order valence-electron chi connectivity index (χ2n) is 7.58. The number of nitrogens with zero attached hydrogens (tertiary/aromatic N) is 2. The topological polar surface area (TPSA) is 49.4 Å². The Hall–Kier alpha value is -2.09. The first-order chi connectivity index (χ1) is 13.7. The number of aromatic nitrogens is 1. The zero-order valence-corrected chi connectivity index (χ0v) is 15.8. The molecule has 2 aliphatic heterocycles. The van der Waals surface area contributed by atoms with Crippen molar-refractivity contribution in [2.45, 2.75) is 50.4 Å². The van der Waals surface area contributed by atoms with Crippen LogP contribution in [0.2, 0.25) is 0 Å². The van der Waals surface area contributed by atoms with Gasteiger partial charge >= 0.3 is 0 Å². The maximum Gasteiger partial charge on any atom is 0.162 e. The minimum Gasteiger partial charge on any atom is -0.493 e. The molecule has 2 aliphatic rings. The van der Waals surface area contributed by atoms with Crippen LogP contribution < -0.4 is 15.6 Å². The number of rotatable bonds is 7. The standard InChI is InChI=1S/C21H26F2N4O/c22-18-6-5-17(12-19(18)23)28-10-7-16-11-20(26-25-16)21-4-2-9-27(21)14-15-3-1-8-24-13-15/h1,3,5-6,8,12-13,16,20-21,25-26H,2,4,7,9-11,14H2. The first-order valence-electron chi connectivity index (χ1n) is 9.91. The van der Waals surface area contributed by atoms with Crippen molar-refractivity contribution >= 4 is 0 Å². The maximum atomic E-state index is 13.2. The van der Waals surface area contributed by atoms with Crippen LogP contribution in [-0.2, 0) is 6.54 Å². The Bertz CT molecular complexity index is 776. The third-order valence-electron chi connectivity index (χ3n) is 5.62. The Morgan fingerprint density at radius 1 is 1.18 bits per heavy atom. The predicted molar refractivity (Wildman–Crippen MR) is 103 cm³/mol. The van der Waals surface area contributed by atoms with Gasteiger partial charge in [-0.25, -0.2) is 8.78 Å². The van der Waals surface area contributed by atoms with E-state index in [-0.39, 0.29) is 0 Å². The van der Waals surface area contributed by atoms with Crippen LogP contribution in [0.5, 0.6) is 5.75 Å². The second kappa shape index (κ2) is 8.94. The van der Waals surface area contributed by atoms with Crippen molar-refractivity contribution in [1.82, 2.24) is 20.7 Å². The zero-order valence-electron chi connectivity index (χ0n) is 15.8. The van der Waals surface area contributed by atoms with Gasteiger partial charge in [0.2, 0.25) is 0 Å². The number of benzene rings is 1. The number of pyridine rings is 1. The molecule has 2 N–H and O–H groups in total. The van der Waals surface area contributed by atoms with Crippen molar-refractivity contribution in [3.05, 3.63) is 59.9 Å². The van der Waals surface area contributed by atoms with Crippen LogP contribution in [-0.4, -0.2) is 41.2 Å². The number of nitrogens with one attached hydrogen (secondary N) is 2. The molecule has 0 spiro atoms. The number of halogens is 2. The van der Waals surface area contributed by atoms with Gasteiger partial charge in [-0.3, -0.25) is 20.7 Å². The molecule has 2 saturated heterocycles. The molecule has 1 aromatic carbocycles. The highest BCUT2D eigenvalue weighted by atomic mass is 19.2. The average Bonchev–Trinajstić information content (AvgIpc) is 3.35. The first kappa shape index (κ1) is 19.2. The Balaban J connectivity index is 1.24. The van der Waals surface area contributed by atoms with E-state index in [1.54, 1.807) is 6.20 Å². The van der Waals surface area contributed by atoms with E-state index >= 15 is 0 Å². The van der Waals surface area contributed by atoms with Gasteiger partial charge in [-0.05, 0) is 56.0 Å². The van der Waals surface area contributed by atoms with Crippen LogP contribution in [0.3, 0.4) is 0 Å². The summed E-state index contributed by atoms with van der Waals surface area (Å²) in [4.78, 5) is 6.76. The Morgan fingerprint density at radius 3 is 2.93 bits per heavy atom. The van der Waals surface area contributed by atoms with Crippen molar-refractivity contribution in [1.29, 1.82) is 0 Å². The number of hydrogen-bond acceptors (Lipinski definition) is 5.